The molecule has 3 aromatic rings. The molecule has 0 aromatic heterocycles. The van der Waals surface area contributed by atoms with Crippen LogP contribution < -0.4 is 14.4 Å². The molecule has 9 heteroatoms. The van der Waals surface area contributed by atoms with Gasteiger partial charge < -0.3 is 15.0 Å². The lowest BCUT2D eigenvalue weighted by atomic mass is 9.94. The predicted molar refractivity (Wildman–Crippen MR) is 180 cm³/mol. The maximum Gasteiger partial charge on any atom is 0.243 e. The van der Waals surface area contributed by atoms with Gasteiger partial charge in [0.25, 0.3) is 0 Å². The first-order valence-electron chi connectivity index (χ1n) is 16.0. The summed E-state index contributed by atoms with van der Waals surface area (Å²) in [6.07, 6.45) is 7.20. The number of hydrogen-bond donors (Lipinski definition) is 1. The molecule has 1 aliphatic rings. The Morgan fingerprint density at radius 3 is 2.20 bits per heavy atom. The predicted octanol–water partition coefficient (Wildman–Crippen LogP) is 6.03. The summed E-state index contributed by atoms with van der Waals surface area (Å²) in [6, 6.07) is 24.1. The number of nitrogens with zero attached hydrogens (tertiary/aromatic N) is 2. The van der Waals surface area contributed by atoms with E-state index in [1.54, 1.807) is 29.2 Å². The summed E-state index contributed by atoms with van der Waals surface area (Å²) in [7, 11) is -3.60. The summed E-state index contributed by atoms with van der Waals surface area (Å²) in [5, 5.41) is 3.27. The Labute approximate surface area is 268 Å². The van der Waals surface area contributed by atoms with Crippen LogP contribution in [-0.2, 0) is 32.6 Å². The van der Waals surface area contributed by atoms with Gasteiger partial charge in [-0.05, 0) is 68.5 Å². The lowest BCUT2D eigenvalue weighted by Crippen LogP contribution is -2.52. The molecule has 1 atom stereocenters. The minimum atomic E-state index is -3.60. The maximum atomic E-state index is 14.1. The van der Waals surface area contributed by atoms with Crippen LogP contribution in [-0.4, -0.2) is 56.6 Å². The van der Waals surface area contributed by atoms with Crippen LogP contribution in [0.5, 0.6) is 5.75 Å². The first-order valence-corrected chi connectivity index (χ1v) is 17.9. The van der Waals surface area contributed by atoms with Crippen molar-refractivity contribution < 1.29 is 22.7 Å². The number of nitrogens with one attached hydrogen (secondary N) is 1. The number of sulfonamides is 1. The molecule has 0 spiro atoms. The Bertz CT molecular complexity index is 1470. The van der Waals surface area contributed by atoms with Crippen molar-refractivity contribution in [3.05, 3.63) is 95.6 Å². The molecule has 2 amide bonds. The van der Waals surface area contributed by atoms with Gasteiger partial charge in [-0.25, -0.2) is 8.42 Å². The van der Waals surface area contributed by atoms with Gasteiger partial charge >= 0.3 is 0 Å². The summed E-state index contributed by atoms with van der Waals surface area (Å²) in [6.45, 7) is 4.83. The highest BCUT2D eigenvalue weighted by Gasteiger charge is 2.32. The highest BCUT2D eigenvalue weighted by molar-refractivity contribution is 7.92. The Hall–Kier alpha value is -3.85. The molecule has 8 nitrogen and oxygen atoms in total. The van der Waals surface area contributed by atoms with Crippen LogP contribution in [0.15, 0.2) is 78.9 Å². The Balaban J connectivity index is 1.56. The molecular weight excluding hydrogens is 586 g/mol. The fraction of sp³-hybridized carbons (Fsp3) is 0.444. The van der Waals surface area contributed by atoms with E-state index in [9.17, 15) is 18.0 Å². The van der Waals surface area contributed by atoms with Crippen molar-refractivity contribution in [2.45, 2.75) is 83.8 Å². The van der Waals surface area contributed by atoms with Crippen LogP contribution in [0.4, 0.5) is 5.69 Å². The minimum Gasteiger partial charge on any atom is -0.494 e. The van der Waals surface area contributed by atoms with E-state index in [0.717, 1.165) is 42.4 Å². The third-order valence-electron chi connectivity index (χ3n) is 8.28. The molecule has 0 bridgehead atoms. The van der Waals surface area contributed by atoms with E-state index in [0.29, 0.717) is 30.9 Å². The minimum absolute atomic E-state index is 0.0942. The van der Waals surface area contributed by atoms with Gasteiger partial charge in [-0.2, -0.15) is 0 Å². The Kier molecular flexibility index (Phi) is 12.4. The van der Waals surface area contributed by atoms with Crippen LogP contribution >= 0.6 is 0 Å². The number of ether oxygens (including phenoxy) is 1. The molecule has 1 unspecified atom stereocenters. The van der Waals surface area contributed by atoms with E-state index >= 15 is 0 Å². The molecule has 4 rings (SSSR count). The van der Waals surface area contributed by atoms with Gasteiger partial charge in [-0.3, -0.25) is 13.9 Å². The molecule has 1 N–H and O–H groups in total. The molecule has 0 heterocycles. The van der Waals surface area contributed by atoms with E-state index < -0.39 is 16.1 Å². The smallest absolute Gasteiger partial charge is 0.243 e. The maximum absolute atomic E-state index is 14.1. The second kappa shape index (κ2) is 16.5. The topological polar surface area (TPSA) is 96.0 Å². The SMILES string of the molecule is CCOc1ccc(N(CCCC(=O)N(Cc2ccc(C)cc2)C(Cc2ccccc2)C(=O)NC2CCCCC2)S(C)(=O)=O)cc1. The summed E-state index contributed by atoms with van der Waals surface area (Å²) in [4.78, 5) is 29.8. The number of carbonyl (C=O) groups is 2. The quantitative estimate of drug-likeness (QED) is 0.221. The van der Waals surface area contributed by atoms with Gasteiger partial charge in [0.2, 0.25) is 21.8 Å². The van der Waals surface area contributed by atoms with E-state index in [4.69, 9.17) is 4.74 Å². The van der Waals surface area contributed by atoms with Gasteiger partial charge in [0.15, 0.2) is 0 Å². The zero-order valence-corrected chi connectivity index (χ0v) is 27.6. The van der Waals surface area contributed by atoms with Crippen molar-refractivity contribution in [2.24, 2.45) is 0 Å². The number of rotatable bonds is 15. The van der Waals surface area contributed by atoms with E-state index in [2.05, 4.69) is 5.32 Å². The lowest BCUT2D eigenvalue weighted by molar-refractivity contribution is -0.141. The van der Waals surface area contributed by atoms with Crippen molar-refractivity contribution in [2.75, 3.05) is 23.7 Å². The van der Waals surface area contributed by atoms with Gasteiger partial charge in [0, 0.05) is 32.0 Å². The van der Waals surface area contributed by atoms with Crippen LogP contribution in [0.2, 0.25) is 0 Å². The standard InChI is InChI=1S/C36H47N3O5S/c1-4-44-33-23-21-32(22-24-33)39(45(3,42)43)25-11-16-35(40)38(27-30-19-17-28(2)18-20-30)34(26-29-12-7-5-8-13-29)36(41)37-31-14-9-6-10-15-31/h5,7-8,12-13,17-24,31,34H,4,6,9-11,14-16,25-27H2,1-3H3,(H,37,41). The first kappa shape index (κ1) is 34.0. The molecule has 1 aliphatic carbocycles. The second-order valence-electron chi connectivity index (χ2n) is 11.9. The molecule has 1 fully saturated rings. The molecule has 1 saturated carbocycles. The van der Waals surface area contributed by atoms with Crippen LogP contribution in [0.1, 0.15) is 68.6 Å². The van der Waals surface area contributed by atoms with Crippen LogP contribution in [0, 0.1) is 6.92 Å². The molecule has 0 aliphatic heterocycles. The van der Waals surface area contributed by atoms with E-state index in [1.807, 2.05) is 68.4 Å². The third-order valence-corrected chi connectivity index (χ3v) is 9.48. The third kappa shape index (κ3) is 10.3. The fourth-order valence-corrected chi connectivity index (χ4v) is 6.83. The number of benzene rings is 3. The molecule has 0 saturated heterocycles. The van der Waals surface area contributed by atoms with Crippen molar-refractivity contribution in [1.29, 1.82) is 0 Å². The fourth-order valence-electron chi connectivity index (χ4n) is 5.87. The van der Waals surface area contributed by atoms with E-state index in [1.165, 1.54) is 17.0 Å². The second-order valence-corrected chi connectivity index (χ2v) is 13.8. The largest absolute Gasteiger partial charge is 0.494 e. The van der Waals surface area contributed by atoms with Crippen molar-refractivity contribution in [3.8, 4) is 5.75 Å². The van der Waals surface area contributed by atoms with Crippen molar-refractivity contribution >= 4 is 27.5 Å². The van der Waals surface area contributed by atoms with Crippen LogP contribution in [0.25, 0.3) is 0 Å². The zero-order valence-electron chi connectivity index (χ0n) is 26.8. The highest BCUT2D eigenvalue weighted by Crippen LogP contribution is 2.24. The Morgan fingerprint density at radius 1 is 0.911 bits per heavy atom. The Morgan fingerprint density at radius 2 is 1.58 bits per heavy atom. The number of hydrogen-bond acceptors (Lipinski definition) is 5. The summed E-state index contributed by atoms with van der Waals surface area (Å²) >= 11 is 0. The monoisotopic (exact) mass is 633 g/mol. The zero-order chi connectivity index (χ0) is 32.2. The van der Waals surface area contributed by atoms with Gasteiger partial charge in [-0.1, -0.05) is 79.4 Å². The molecule has 242 valence electrons. The molecule has 3 aromatic carbocycles. The number of carbonyl (C=O) groups excluding carboxylic acids is 2. The van der Waals surface area contributed by atoms with Gasteiger partial charge in [0.1, 0.15) is 11.8 Å². The average Bonchev–Trinajstić information content (AvgIpc) is 3.03. The average molecular weight is 634 g/mol. The van der Waals surface area contributed by atoms with Gasteiger partial charge in [0.05, 0.1) is 18.6 Å². The summed E-state index contributed by atoms with van der Waals surface area (Å²) in [5.41, 5.74) is 3.53. The first-order chi connectivity index (χ1) is 21.6. The molecule has 45 heavy (non-hydrogen) atoms. The van der Waals surface area contributed by atoms with Crippen molar-refractivity contribution in [3.63, 3.8) is 0 Å². The molecular formula is C36H47N3O5S. The highest BCUT2D eigenvalue weighted by atomic mass is 32.2. The summed E-state index contributed by atoms with van der Waals surface area (Å²) in [5.74, 6) is 0.335. The number of anilines is 1. The number of aryl methyl sites for hydroxylation is 1. The normalized spacial score (nSPS) is 14.4. The molecule has 0 radical (unpaired) electrons. The van der Waals surface area contributed by atoms with Crippen LogP contribution in [0.3, 0.4) is 0 Å². The van der Waals surface area contributed by atoms with Crippen molar-refractivity contribution in [1.82, 2.24) is 10.2 Å². The van der Waals surface area contributed by atoms with E-state index in [-0.39, 0.29) is 37.4 Å². The summed E-state index contributed by atoms with van der Waals surface area (Å²) < 4.78 is 32.3. The lowest BCUT2D eigenvalue weighted by Gasteiger charge is -2.34. The number of amides is 2. The van der Waals surface area contributed by atoms with Gasteiger partial charge in [-0.15, -0.1) is 0 Å².